The van der Waals surface area contributed by atoms with E-state index in [2.05, 4.69) is 15.5 Å². The Bertz CT molecular complexity index is 699. The Morgan fingerprint density at radius 1 is 1.32 bits per heavy atom. The summed E-state index contributed by atoms with van der Waals surface area (Å²) in [6.45, 7) is 2.32. The van der Waals surface area contributed by atoms with Crippen molar-refractivity contribution in [2.75, 3.05) is 7.05 Å². The lowest BCUT2D eigenvalue weighted by Crippen LogP contribution is -2.43. The van der Waals surface area contributed by atoms with E-state index in [1.165, 1.54) is 4.90 Å². The van der Waals surface area contributed by atoms with Gasteiger partial charge in [-0.3, -0.25) is 9.89 Å². The largest absolute Gasteiger partial charge is 0.481 e. The van der Waals surface area contributed by atoms with Crippen LogP contribution in [-0.2, 0) is 11.3 Å². The summed E-state index contributed by atoms with van der Waals surface area (Å²) in [5.41, 5.74) is 2.63. The second kappa shape index (κ2) is 8.86. The van der Waals surface area contributed by atoms with E-state index in [1.807, 2.05) is 43.3 Å². The van der Waals surface area contributed by atoms with Crippen LogP contribution in [0.2, 0.25) is 0 Å². The minimum absolute atomic E-state index is 0.0738. The molecule has 1 aromatic carbocycles. The molecule has 0 aliphatic rings. The van der Waals surface area contributed by atoms with E-state index >= 15 is 0 Å². The van der Waals surface area contributed by atoms with Crippen molar-refractivity contribution >= 4 is 12.0 Å². The van der Waals surface area contributed by atoms with Crippen LogP contribution in [0.3, 0.4) is 0 Å². The third-order valence-corrected chi connectivity index (χ3v) is 3.84. The van der Waals surface area contributed by atoms with Gasteiger partial charge in [-0.05, 0) is 12.5 Å². The summed E-state index contributed by atoms with van der Waals surface area (Å²) in [6.07, 6.45) is 1.37. The number of aromatic amines is 1. The summed E-state index contributed by atoms with van der Waals surface area (Å²) in [5.74, 6) is -0.914. The first-order valence-electron chi connectivity index (χ1n) is 8.32. The fourth-order valence-electron chi connectivity index (χ4n) is 2.60. The molecule has 1 atom stereocenters. The van der Waals surface area contributed by atoms with Gasteiger partial charge in [-0.1, -0.05) is 43.7 Å². The molecule has 2 aromatic rings. The first-order chi connectivity index (χ1) is 12.0. The monoisotopic (exact) mass is 344 g/mol. The summed E-state index contributed by atoms with van der Waals surface area (Å²) in [7, 11) is 1.67. The van der Waals surface area contributed by atoms with Gasteiger partial charge in [0.25, 0.3) is 0 Å². The average Bonchev–Trinajstić information content (AvgIpc) is 3.03. The van der Waals surface area contributed by atoms with Gasteiger partial charge < -0.3 is 15.3 Å². The van der Waals surface area contributed by atoms with Gasteiger partial charge in [0.2, 0.25) is 0 Å². The van der Waals surface area contributed by atoms with E-state index in [-0.39, 0.29) is 18.5 Å². The molecule has 0 bridgehead atoms. The Morgan fingerprint density at radius 3 is 2.68 bits per heavy atom. The molecule has 0 aliphatic heterocycles. The summed E-state index contributed by atoms with van der Waals surface area (Å²) in [5, 5.41) is 18.9. The minimum atomic E-state index is -0.914. The van der Waals surface area contributed by atoms with Crippen LogP contribution in [-0.4, -0.2) is 45.3 Å². The van der Waals surface area contributed by atoms with E-state index in [4.69, 9.17) is 5.11 Å². The minimum Gasteiger partial charge on any atom is -0.481 e. The van der Waals surface area contributed by atoms with Gasteiger partial charge in [0, 0.05) is 18.7 Å². The van der Waals surface area contributed by atoms with Crippen LogP contribution < -0.4 is 5.32 Å². The zero-order chi connectivity index (χ0) is 18.2. The van der Waals surface area contributed by atoms with Gasteiger partial charge >= 0.3 is 12.0 Å². The zero-order valence-electron chi connectivity index (χ0n) is 14.5. The number of hydrogen-bond acceptors (Lipinski definition) is 3. The van der Waals surface area contributed by atoms with Gasteiger partial charge in [-0.25, -0.2) is 4.79 Å². The molecule has 0 unspecified atom stereocenters. The van der Waals surface area contributed by atoms with Gasteiger partial charge in [-0.15, -0.1) is 0 Å². The van der Waals surface area contributed by atoms with E-state index < -0.39 is 5.97 Å². The maximum absolute atomic E-state index is 12.3. The predicted octanol–water partition coefficient (Wildman–Crippen LogP) is 2.86. The Hall–Kier alpha value is -2.83. The Morgan fingerprint density at radius 2 is 2.04 bits per heavy atom. The fraction of sp³-hybridized carbons (Fsp3) is 0.389. The third kappa shape index (κ3) is 5.63. The third-order valence-electron chi connectivity index (χ3n) is 3.84. The van der Waals surface area contributed by atoms with Gasteiger partial charge in [0.05, 0.1) is 24.4 Å². The van der Waals surface area contributed by atoms with Crippen molar-refractivity contribution in [3.63, 3.8) is 0 Å². The lowest BCUT2D eigenvalue weighted by molar-refractivity contribution is -0.137. The number of carbonyl (C=O) groups excluding carboxylic acids is 1. The quantitative estimate of drug-likeness (QED) is 0.686. The van der Waals surface area contributed by atoms with Crippen molar-refractivity contribution in [1.29, 1.82) is 0 Å². The predicted molar refractivity (Wildman–Crippen MR) is 95.0 cm³/mol. The topological polar surface area (TPSA) is 98.3 Å². The van der Waals surface area contributed by atoms with E-state index in [0.717, 1.165) is 23.4 Å². The smallest absolute Gasteiger partial charge is 0.317 e. The standard InChI is InChI=1S/C18H24N4O3/c1-3-7-14(11-17(23)24)19-18(25)22(2)12-15-10-16(21-20-15)13-8-5-4-6-9-13/h4-6,8-10,14H,3,7,11-12H2,1-2H3,(H,19,25)(H,20,21)(H,23,24)/t14-/m0/s1. The SMILES string of the molecule is CCC[C@@H](CC(=O)O)NC(=O)N(C)Cc1cc(-c2ccccc2)n[nH]1. The van der Waals surface area contributed by atoms with E-state index in [9.17, 15) is 9.59 Å². The number of H-pyrrole nitrogens is 1. The maximum atomic E-state index is 12.3. The highest BCUT2D eigenvalue weighted by molar-refractivity contribution is 5.75. The molecule has 0 fully saturated rings. The van der Waals surface area contributed by atoms with Crippen LogP contribution >= 0.6 is 0 Å². The normalized spacial score (nSPS) is 11.8. The molecule has 2 rings (SSSR count). The fourth-order valence-corrected chi connectivity index (χ4v) is 2.60. The van der Waals surface area contributed by atoms with Crippen LogP contribution in [0, 0.1) is 0 Å². The van der Waals surface area contributed by atoms with Crippen LogP contribution in [0.15, 0.2) is 36.4 Å². The number of benzene rings is 1. The average molecular weight is 344 g/mol. The Balaban J connectivity index is 1.94. The Labute approximate surface area is 147 Å². The molecule has 134 valence electrons. The molecule has 25 heavy (non-hydrogen) atoms. The maximum Gasteiger partial charge on any atom is 0.317 e. The number of carbonyl (C=O) groups is 2. The first kappa shape index (κ1) is 18.5. The molecule has 0 spiro atoms. The molecule has 3 N–H and O–H groups in total. The molecular formula is C18H24N4O3. The number of aromatic nitrogens is 2. The number of urea groups is 1. The van der Waals surface area contributed by atoms with E-state index in [1.54, 1.807) is 7.05 Å². The van der Waals surface area contributed by atoms with Crippen LogP contribution in [0.5, 0.6) is 0 Å². The summed E-state index contributed by atoms with van der Waals surface area (Å²) in [6, 6.07) is 11.0. The van der Waals surface area contributed by atoms with Crippen LogP contribution in [0.4, 0.5) is 4.79 Å². The molecule has 1 heterocycles. The molecule has 0 saturated heterocycles. The summed E-state index contributed by atoms with van der Waals surface area (Å²) >= 11 is 0. The molecule has 2 amide bonds. The summed E-state index contributed by atoms with van der Waals surface area (Å²) in [4.78, 5) is 24.7. The molecule has 0 radical (unpaired) electrons. The van der Waals surface area contributed by atoms with Crippen molar-refractivity contribution in [2.24, 2.45) is 0 Å². The lowest BCUT2D eigenvalue weighted by atomic mass is 10.1. The number of hydrogen-bond donors (Lipinski definition) is 3. The molecule has 7 heteroatoms. The number of nitrogens with zero attached hydrogens (tertiary/aromatic N) is 2. The Kier molecular flexibility index (Phi) is 6.56. The van der Waals surface area contributed by atoms with Crippen molar-refractivity contribution in [3.8, 4) is 11.3 Å². The highest BCUT2D eigenvalue weighted by atomic mass is 16.4. The van der Waals surface area contributed by atoms with Gasteiger partial charge in [-0.2, -0.15) is 5.10 Å². The van der Waals surface area contributed by atoms with E-state index in [0.29, 0.717) is 13.0 Å². The molecular weight excluding hydrogens is 320 g/mol. The lowest BCUT2D eigenvalue weighted by Gasteiger charge is -2.22. The van der Waals surface area contributed by atoms with Crippen molar-refractivity contribution in [2.45, 2.75) is 38.8 Å². The summed E-state index contributed by atoms with van der Waals surface area (Å²) < 4.78 is 0. The van der Waals surface area contributed by atoms with Crippen LogP contribution in [0.1, 0.15) is 31.9 Å². The van der Waals surface area contributed by atoms with Gasteiger partial charge in [0.15, 0.2) is 0 Å². The molecule has 0 saturated carbocycles. The number of rotatable bonds is 8. The van der Waals surface area contributed by atoms with Crippen LogP contribution in [0.25, 0.3) is 11.3 Å². The second-order valence-electron chi connectivity index (χ2n) is 6.03. The molecule has 7 nitrogen and oxygen atoms in total. The number of carboxylic acids is 1. The highest BCUT2D eigenvalue weighted by Crippen LogP contribution is 2.17. The van der Waals surface area contributed by atoms with Gasteiger partial charge in [0.1, 0.15) is 0 Å². The van der Waals surface area contributed by atoms with Crippen molar-refractivity contribution in [1.82, 2.24) is 20.4 Å². The number of amides is 2. The molecule has 1 aromatic heterocycles. The zero-order valence-corrected chi connectivity index (χ0v) is 14.5. The number of aliphatic carboxylic acids is 1. The van der Waals surface area contributed by atoms with Crippen molar-refractivity contribution < 1.29 is 14.7 Å². The van der Waals surface area contributed by atoms with Crippen molar-refractivity contribution in [3.05, 3.63) is 42.1 Å². The first-order valence-corrected chi connectivity index (χ1v) is 8.32. The highest BCUT2D eigenvalue weighted by Gasteiger charge is 2.18. The number of carboxylic acid groups (broad SMARTS) is 1. The number of nitrogens with one attached hydrogen (secondary N) is 2. The second-order valence-corrected chi connectivity index (χ2v) is 6.03. The molecule has 0 aliphatic carbocycles.